The molecular weight excluding hydrogens is 444 g/mol. The quantitative estimate of drug-likeness (QED) is 0.496. The topological polar surface area (TPSA) is 84.9 Å². The van der Waals surface area contributed by atoms with Crippen LogP contribution in [0.3, 0.4) is 0 Å². The van der Waals surface area contributed by atoms with Gasteiger partial charge in [0.2, 0.25) is 5.91 Å². The van der Waals surface area contributed by atoms with Crippen LogP contribution in [0.25, 0.3) is 0 Å². The van der Waals surface area contributed by atoms with Crippen LogP contribution in [0.2, 0.25) is 0 Å². The second-order valence-electron chi connectivity index (χ2n) is 8.58. The van der Waals surface area contributed by atoms with Crippen molar-refractivity contribution in [1.82, 2.24) is 5.32 Å². The second kappa shape index (κ2) is 10.4. The predicted octanol–water partition coefficient (Wildman–Crippen LogP) is 4.25. The number of rotatable bonds is 8. The molecule has 1 N–H and O–H groups in total. The summed E-state index contributed by atoms with van der Waals surface area (Å²) >= 11 is 0. The van der Waals surface area contributed by atoms with Gasteiger partial charge in [-0.1, -0.05) is 42.5 Å². The van der Waals surface area contributed by atoms with E-state index in [2.05, 4.69) is 5.32 Å². The first-order chi connectivity index (χ1) is 16.8. The molecule has 2 atom stereocenters. The summed E-state index contributed by atoms with van der Waals surface area (Å²) in [5, 5.41) is 2.96. The van der Waals surface area contributed by atoms with E-state index in [1.165, 1.54) is 4.90 Å². The van der Waals surface area contributed by atoms with Gasteiger partial charge in [0.05, 0.1) is 11.7 Å². The minimum absolute atomic E-state index is 0.151. The summed E-state index contributed by atoms with van der Waals surface area (Å²) in [5.41, 5.74) is 2.75. The highest BCUT2D eigenvalue weighted by molar-refractivity contribution is 6.06. The lowest BCUT2D eigenvalue weighted by molar-refractivity contribution is -0.127. The van der Waals surface area contributed by atoms with Gasteiger partial charge < -0.3 is 14.8 Å². The SMILES string of the molecule is Cc1cccc(OCC(=O)c2ccc3c(c2)N(C(C)C(=O)NC(C)c2ccccc2)C(=O)CO3)c1. The van der Waals surface area contributed by atoms with Gasteiger partial charge in [-0.3, -0.25) is 19.3 Å². The Balaban J connectivity index is 1.51. The Hall–Kier alpha value is -4.13. The van der Waals surface area contributed by atoms with Crippen LogP contribution in [-0.2, 0) is 9.59 Å². The molecule has 3 aromatic rings. The Morgan fingerprint density at radius 3 is 2.54 bits per heavy atom. The summed E-state index contributed by atoms with van der Waals surface area (Å²) in [6.07, 6.45) is 0. The Labute approximate surface area is 204 Å². The number of nitrogens with zero attached hydrogens (tertiary/aromatic N) is 1. The Bertz CT molecular complexity index is 1240. The molecule has 1 aliphatic rings. The van der Waals surface area contributed by atoms with Gasteiger partial charge in [0.1, 0.15) is 17.5 Å². The Morgan fingerprint density at radius 1 is 1.03 bits per heavy atom. The van der Waals surface area contributed by atoms with E-state index in [0.29, 0.717) is 22.7 Å². The molecular formula is C28H28N2O5. The second-order valence-corrected chi connectivity index (χ2v) is 8.58. The minimum Gasteiger partial charge on any atom is -0.485 e. The third-order valence-electron chi connectivity index (χ3n) is 5.94. The van der Waals surface area contributed by atoms with Crippen molar-refractivity contribution in [2.75, 3.05) is 18.1 Å². The third-order valence-corrected chi connectivity index (χ3v) is 5.94. The van der Waals surface area contributed by atoms with Crippen LogP contribution in [0.15, 0.2) is 72.8 Å². The van der Waals surface area contributed by atoms with Crippen LogP contribution in [0.4, 0.5) is 5.69 Å². The van der Waals surface area contributed by atoms with Crippen molar-refractivity contribution in [3.63, 3.8) is 0 Å². The number of anilines is 1. The molecule has 0 bridgehead atoms. The number of carbonyl (C=O) groups is 3. The molecule has 3 aromatic carbocycles. The summed E-state index contributed by atoms with van der Waals surface area (Å²) in [7, 11) is 0. The number of amides is 2. The molecule has 2 amide bonds. The van der Waals surface area contributed by atoms with E-state index in [-0.39, 0.29) is 36.9 Å². The number of aryl methyl sites for hydroxylation is 1. The molecule has 0 saturated carbocycles. The number of carbonyl (C=O) groups excluding carboxylic acids is 3. The monoisotopic (exact) mass is 472 g/mol. The van der Waals surface area contributed by atoms with Crippen LogP contribution >= 0.6 is 0 Å². The molecule has 0 saturated heterocycles. The normalized spacial score (nSPS) is 14.4. The van der Waals surface area contributed by atoms with E-state index < -0.39 is 6.04 Å². The number of ketones is 1. The van der Waals surface area contributed by atoms with Crippen molar-refractivity contribution in [2.45, 2.75) is 32.9 Å². The molecule has 0 spiro atoms. The van der Waals surface area contributed by atoms with Gasteiger partial charge in [0, 0.05) is 5.56 Å². The standard InChI is InChI=1S/C28H28N2O5/c1-18-8-7-11-23(14-18)34-16-25(31)22-12-13-26-24(15-22)30(27(32)17-35-26)20(3)28(33)29-19(2)21-9-5-4-6-10-21/h4-15,19-20H,16-17H2,1-3H3,(H,29,33). The van der Waals surface area contributed by atoms with Crippen LogP contribution in [0.5, 0.6) is 11.5 Å². The van der Waals surface area contributed by atoms with Crippen molar-refractivity contribution in [3.05, 3.63) is 89.5 Å². The van der Waals surface area contributed by atoms with Crippen molar-refractivity contribution in [1.29, 1.82) is 0 Å². The summed E-state index contributed by atoms with van der Waals surface area (Å²) < 4.78 is 11.2. The molecule has 0 aromatic heterocycles. The zero-order valence-electron chi connectivity index (χ0n) is 20.0. The number of benzene rings is 3. The highest BCUT2D eigenvalue weighted by Crippen LogP contribution is 2.34. The summed E-state index contributed by atoms with van der Waals surface area (Å²) in [6, 6.07) is 20.9. The lowest BCUT2D eigenvalue weighted by Crippen LogP contribution is -2.51. The van der Waals surface area contributed by atoms with Crippen molar-refractivity contribution < 1.29 is 23.9 Å². The molecule has 7 heteroatoms. The highest BCUT2D eigenvalue weighted by atomic mass is 16.5. The maximum absolute atomic E-state index is 13.1. The largest absolute Gasteiger partial charge is 0.485 e. The van der Waals surface area contributed by atoms with Crippen molar-refractivity contribution in [3.8, 4) is 11.5 Å². The first kappa shape index (κ1) is 24.0. The number of Topliss-reactive ketones (excluding diaryl/α,β-unsaturated/α-hetero) is 1. The Kier molecular flexibility index (Phi) is 7.15. The van der Waals surface area contributed by atoms with Gasteiger partial charge in [-0.25, -0.2) is 0 Å². The van der Waals surface area contributed by atoms with Gasteiger partial charge in [0.15, 0.2) is 19.0 Å². The average molecular weight is 473 g/mol. The fourth-order valence-corrected chi connectivity index (χ4v) is 3.98. The first-order valence-corrected chi connectivity index (χ1v) is 11.5. The lowest BCUT2D eigenvalue weighted by Gasteiger charge is -2.34. The van der Waals surface area contributed by atoms with E-state index in [9.17, 15) is 14.4 Å². The lowest BCUT2D eigenvalue weighted by atomic mass is 10.1. The van der Waals surface area contributed by atoms with Gasteiger partial charge in [-0.2, -0.15) is 0 Å². The number of fused-ring (bicyclic) bond motifs is 1. The van der Waals surface area contributed by atoms with Gasteiger partial charge >= 0.3 is 0 Å². The summed E-state index contributed by atoms with van der Waals surface area (Å²) in [5.74, 6) is 0.142. The van der Waals surface area contributed by atoms with Crippen molar-refractivity contribution >= 4 is 23.3 Å². The first-order valence-electron chi connectivity index (χ1n) is 11.5. The molecule has 180 valence electrons. The van der Waals surface area contributed by atoms with E-state index in [4.69, 9.17) is 9.47 Å². The van der Waals surface area contributed by atoms with Crippen LogP contribution in [0, 0.1) is 6.92 Å². The molecule has 0 aliphatic carbocycles. The van der Waals surface area contributed by atoms with Crippen LogP contribution in [-0.4, -0.2) is 36.9 Å². The molecule has 7 nitrogen and oxygen atoms in total. The average Bonchev–Trinajstić information content (AvgIpc) is 2.87. The smallest absolute Gasteiger partial charge is 0.265 e. The summed E-state index contributed by atoms with van der Waals surface area (Å²) in [4.78, 5) is 40.1. The molecule has 35 heavy (non-hydrogen) atoms. The maximum atomic E-state index is 13.1. The number of hydrogen-bond donors (Lipinski definition) is 1. The molecule has 1 heterocycles. The third kappa shape index (κ3) is 5.51. The zero-order valence-corrected chi connectivity index (χ0v) is 20.0. The van der Waals surface area contributed by atoms with Gasteiger partial charge in [0.25, 0.3) is 5.91 Å². The molecule has 0 fully saturated rings. The van der Waals surface area contributed by atoms with Gasteiger partial charge in [-0.05, 0) is 62.2 Å². The Morgan fingerprint density at radius 2 is 1.80 bits per heavy atom. The zero-order chi connectivity index (χ0) is 24.9. The van der Waals surface area contributed by atoms with E-state index >= 15 is 0 Å². The molecule has 0 radical (unpaired) electrons. The van der Waals surface area contributed by atoms with E-state index in [0.717, 1.165) is 11.1 Å². The molecule has 1 aliphatic heterocycles. The minimum atomic E-state index is -0.801. The molecule has 4 rings (SSSR count). The highest BCUT2D eigenvalue weighted by Gasteiger charge is 2.34. The van der Waals surface area contributed by atoms with E-state index in [1.54, 1.807) is 31.2 Å². The van der Waals surface area contributed by atoms with E-state index in [1.807, 2.05) is 62.4 Å². The van der Waals surface area contributed by atoms with Crippen molar-refractivity contribution in [2.24, 2.45) is 0 Å². The predicted molar refractivity (Wildman–Crippen MR) is 133 cm³/mol. The fourth-order valence-electron chi connectivity index (χ4n) is 3.98. The number of hydrogen-bond acceptors (Lipinski definition) is 5. The van der Waals surface area contributed by atoms with Crippen LogP contribution in [0.1, 0.15) is 41.4 Å². The number of nitrogens with one attached hydrogen (secondary N) is 1. The fraction of sp³-hybridized carbons (Fsp3) is 0.250. The molecule has 2 unspecified atom stereocenters. The summed E-state index contributed by atoms with van der Waals surface area (Å²) in [6.45, 7) is 5.17. The maximum Gasteiger partial charge on any atom is 0.265 e. The van der Waals surface area contributed by atoms with Gasteiger partial charge in [-0.15, -0.1) is 0 Å². The number of ether oxygens (including phenoxy) is 2. The van der Waals surface area contributed by atoms with Crippen LogP contribution < -0.4 is 19.7 Å².